The fourth-order valence-electron chi connectivity index (χ4n) is 3.19. The van der Waals surface area contributed by atoms with E-state index in [4.69, 9.17) is 5.73 Å². The van der Waals surface area contributed by atoms with Crippen molar-refractivity contribution in [3.63, 3.8) is 0 Å². The Morgan fingerprint density at radius 1 is 1.21 bits per heavy atom. The van der Waals surface area contributed by atoms with Gasteiger partial charge in [0.05, 0.1) is 18.4 Å². The molecule has 2 atom stereocenters. The van der Waals surface area contributed by atoms with Crippen molar-refractivity contribution in [1.82, 2.24) is 25.6 Å². The number of ketones is 1. The van der Waals surface area contributed by atoms with Gasteiger partial charge in [-0.2, -0.15) is 0 Å². The molecule has 3 rings (SSSR count). The van der Waals surface area contributed by atoms with Crippen LogP contribution in [0.1, 0.15) is 17.7 Å². The summed E-state index contributed by atoms with van der Waals surface area (Å²) in [5.74, 6) is -0.376. The molecule has 8 nitrogen and oxygen atoms in total. The highest BCUT2D eigenvalue weighted by Crippen LogP contribution is 2.19. The predicted octanol–water partition coefficient (Wildman–Crippen LogP) is 0.667. The van der Waals surface area contributed by atoms with Gasteiger partial charge in [-0.25, -0.2) is 4.98 Å². The van der Waals surface area contributed by atoms with Crippen molar-refractivity contribution in [1.29, 1.82) is 0 Å². The van der Waals surface area contributed by atoms with E-state index in [1.165, 1.54) is 0 Å². The van der Waals surface area contributed by atoms with E-state index in [0.717, 1.165) is 22.2 Å². The molecule has 1 aromatic carbocycles. The topological polar surface area (TPSA) is 129 Å². The Bertz CT molecular complexity index is 918. The molecule has 0 spiro atoms. The quantitative estimate of drug-likeness (QED) is 0.352. The van der Waals surface area contributed by atoms with Crippen molar-refractivity contribution < 1.29 is 9.59 Å². The normalized spacial score (nSPS) is 13.4. The number of benzene rings is 1. The van der Waals surface area contributed by atoms with Crippen molar-refractivity contribution in [2.24, 2.45) is 5.73 Å². The molecule has 2 heterocycles. The summed E-state index contributed by atoms with van der Waals surface area (Å²) < 4.78 is 0. The number of hydrogen-bond acceptors (Lipinski definition) is 5. The number of amides is 1. The average molecular weight is 382 g/mol. The zero-order chi connectivity index (χ0) is 19.9. The van der Waals surface area contributed by atoms with Gasteiger partial charge in [-0.15, -0.1) is 0 Å². The Morgan fingerprint density at radius 2 is 2.04 bits per heavy atom. The number of rotatable bonds is 10. The summed E-state index contributed by atoms with van der Waals surface area (Å²) in [6.07, 6.45) is 6.14. The standard InChI is InChI=1S/C20H26N6O2/c1-22-7-6-19(27)18(8-13-10-24-17-5-3-2-4-15(13)17)26-20(28)16(21)9-14-11-23-12-25-14/h2-5,10-12,16,18,22,24H,6-9,21H2,1H3,(H,23,25)(H,26,28)/t16-,18+/m0/s1. The van der Waals surface area contributed by atoms with Gasteiger partial charge in [-0.1, -0.05) is 18.2 Å². The average Bonchev–Trinajstić information content (AvgIpc) is 3.35. The third-order valence-electron chi connectivity index (χ3n) is 4.76. The molecule has 0 saturated carbocycles. The first-order valence-corrected chi connectivity index (χ1v) is 9.34. The molecule has 0 unspecified atom stereocenters. The van der Waals surface area contributed by atoms with Gasteiger partial charge < -0.3 is 26.3 Å². The van der Waals surface area contributed by atoms with Crippen LogP contribution >= 0.6 is 0 Å². The summed E-state index contributed by atoms with van der Waals surface area (Å²) in [5.41, 5.74) is 8.79. The van der Waals surface area contributed by atoms with Gasteiger partial charge >= 0.3 is 0 Å². The van der Waals surface area contributed by atoms with Crippen LogP contribution in [0.25, 0.3) is 10.9 Å². The molecule has 0 fully saturated rings. The molecule has 8 heteroatoms. The number of aromatic amines is 2. The molecular weight excluding hydrogens is 356 g/mol. The summed E-state index contributed by atoms with van der Waals surface area (Å²) in [6.45, 7) is 0.555. The number of fused-ring (bicyclic) bond motifs is 1. The Labute approximate surface area is 163 Å². The lowest BCUT2D eigenvalue weighted by atomic mass is 9.99. The lowest BCUT2D eigenvalue weighted by molar-refractivity contribution is -0.128. The summed E-state index contributed by atoms with van der Waals surface area (Å²) in [6, 6.07) is 6.50. The van der Waals surface area contributed by atoms with Crippen LogP contribution in [0.15, 0.2) is 43.0 Å². The molecule has 6 N–H and O–H groups in total. The minimum absolute atomic E-state index is 0.0262. The Hall–Kier alpha value is -2.97. The third kappa shape index (κ3) is 4.85. The van der Waals surface area contributed by atoms with Crippen LogP contribution in [0.3, 0.4) is 0 Å². The molecule has 28 heavy (non-hydrogen) atoms. The maximum atomic E-state index is 12.7. The molecule has 1 amide bonds. The Kier molecular flexibility index (Phi) is 6.57. The molecule has 0 radical (unpaired) electrons. The number of H-pyrrole nitrogens is 2. The van der Waals surface area contributed by atoms with E-state index >= 15 is 0 Å². The number of hydrogen-bond donors (Lipinski definition) is 5. The van der Waals surface area contributed by atoms with Crippen LogP contribution in [-0.4, -0.2) is 52.3 Å². The van der Waals surface area contributed by atoms with Gasteiger partial charge in [-0.3, -0.25) is 9.59 Å². The number of nitrogens with two attached hydrogens (primary N) is 1. The van der Waals surface area contributed by atoms with E-state index in [1.54, 1.807) is 19.6 Å². The molecule has 0 bridgehead atoms. The second-order valence-electron chi connectivity index (χ2n) is 6.83. The largest absolute Gasteiger partial charge is 0.361 e. The van der Waals surface area contributed by atoms with Crippen LogP contribution in [0.5, 0.6) is 0 Å². The van der Waals surface area contributed by atoms with Gasteiger partial charge in [0.2, 0.25) is 5.91 Å². The first kappa shape index (κ1) is 19.8. The highest BCUT2D eigenvalue weighted by atomic mass is 16.2. The highest BCUT2D eigenvalue weighted by Gasteiger charge is 2.25. The molecule has 0 aliphatic carbocycles. The zero-order valence-electron chi connectivity index (χ0n) is 15.9. The van der Waals surface area contributed by atoms with Crippen LogP contribution in [0, 0.1) is 0 Å². The van der Waals surface area contributed by atoms with E-state index < -0.39 is 12.1 Å². The number of para-hydroxylation sites is 1. The number of aromatic nitrogens is 3. The van der Waals surface area contributed by atoms with Crippen LogP contribution in [0.2, 0.25) is 0 Å². The molecule has 3 aromatic rings. The minimum atomic E-state index is -0.761. The van der Waals surface area contributed by atoms with Crippen molar-refractivity contribution in [2.75, 3.05) is 13.6 Å². The predicted molar refractivity (Wildman–Crippen MR) is 108 cm³/mol. The SMILES string of the molecule is CNCCC(=O)[C@@H](Cc1c[nH]c2ccccc12)NC(=O)[C@@H](N)Cc1cnc[nH]1. The molecule has 148 valence electrons. The first-order chi connectivity index (χ1) is 13.6. The summed E-state index contributed by atoms with van der Waals surface area (Å²) in [7, 11) is 1.79. The molecular formula is C20H26N6O2. The fraction of sp³-hybridized carbons (Fsp3) is 0.350. The molecule has 0 aliphatic heterocycles. The maximum absolute atomic E-state index is 12.7. The Morgan fingerprint density at radius 3 is 2.79 bits per heavy atom. The smallest absolute Gasteiger partial charge is 0.237 e. The fourth-order valence-corrected chi connectivity index (χ4v) is 3.19. The molecule has 0 saturated heterocycles. The van der Waals surface area contributed by atoms with Gasteiger partial charge in [-0.05, 0) is 18.7 Å². The number of carbonyl (C=O) groups is 2. The monoisotopic (exact) mass is 382 g/mol. The summed E-state index contributed by atoms with van der Waals surface area (Å²) in [4.78, 5) is 35.4. The van der Waals surface area contributed by atoms with Crippen molar-refractivity contribution in [3.05, 3.63) is 54.2 Å². The maximum Gasteiger partial charge on any atom is 0.237 e. The number of carbonyl (C=O) groups excluding carboxylic acids is 2. The zero-order valence-corrected chi connectivity index (χ0v) is 15.9. The lowest BCUT2D eigenvalue weighted by Gasteiger charge is -2.20. The summed E-state index contributed by atoms with van der Waals surface area (Å²) >= 11 is 0. The summed E-state index contributed by atoms with van der Waals surface area (Å²) in [5, 5.41) is 6.87. The van der Waals surface area contributed by atoms with E-state index in [2.05, 4.69) is 25.6 Å². The van der Waals surface area contributed by atoms with E-state index in [1.807, 2.05) is 30.5 Å². The number of nitrogens with one attached hydrogen (secondary N) is 4. The van der Waals surface area contributed by atoms with Crippen LogP contribution in [-0.2, 0) is 22.4 Å². The van der Waals surface area contributed by atoms with Gasteiger partial charge in [0.1, 0.15) is 0 Å². The van der Waals surface area contributed by atoms with Crippen molar-refractivity contribution in [2.45, 2.75) is 31.3 Å². The van der Waals surface area contributed by atoms with Crippen molar-refractivity contribution >= 4 is 22.6 Å². The highest BCUT2D eigenvalue weighted by molar-refractivity contribution is 5.92. The lowest BCUT2D eigenvalue weighted by Crippen LogP contribution is -2.50. The van der Waals surface area contributed by atoms with E-state index in [9.17, 15) is 9.59 Å². The van der Waals surface area contributed by atoms with Gasteiger partial charge in [0.25, 0.3) is 0 Å². The van der Waals surface area contributed by atoms with Crippen molar-refractivity contribution in [3.8, 4) is 0 Å². The number of Topliss-reactive ketones (excluding diaryl/α,β-unsaturated/α-hetero) is 1. The second-order valence-corrected chi connectivity index (χ2v) is 6.83. The van der Waals surface area contributed by atoms with E-state index in [-0.39, 0.29) is 11.7 Å². The number of nitrogens with zero attached hydrogens (tertiary/aromatic N) is 1. The van der Waals surface area contributed by atoms with Crippen LogP contribution < -0.4 is 16.4 Å². The Balaban J connectivity index is 1.72. The van der Waals surface area contributed by atoms with E-state index in [0.29, 0.717) is 25.8 Å². The first-order valence-electron chi connectivity index (χ1n) is 9.34. The third-order valence-corrected chi connectivity index (χ3v) is 4.76. The number of imidazole rings is 1. The molecule has 2 aromatic heterocycles. The van der Waals surface area contributed by atoms with Gasteiger partial charge in [0, 0.05) is 54.8 Å². The molecule has 0 aliphatic rings. The minimum Gasteiger partial charge on any atom is -0.361 e. The second kappa shape index (κ2) is 9.29. The van der Waals surface area contributed by atoms with Gasteiger partial charge in [0.15, 0.2) is 5.78 Å². The van der Waals surface area contributed by atoms with Crippen LogP contribution in [0.4, 0.5) is 0 Å².